The Bertz CT molecular complexity index is 807. The second kappa shape index (κ2) is 8.95. The average molecular weight is 409 g/mol. The molecule has 0 atom stereocenters. The van der Waals surface area contributed by atoms with Crippen molar-refractivity contribution >= 4 is 27.6 Å². The fourth-order valence-corrected chi connectivity index (χ4v) is 2.95. The van der Waals surface area contributed by atoms with Crippen LogP contribution in [0.25, 0.3) is 0 Å². The van der Waals surface area contributed by atoms with Gasteiger partial charge in [0.2, 0.25) is 21.8 Å². The van der Waals surface area contributed by atoms with Gasteiger partial charge in [0.15, 0.2) is 5.78 Å². The van der Waals surface area contributed by atoms with Gasteiger partial charge in [0.05, 0.1) is 18.0 Å². The van der Waals surface area contributed by atoms with Crippen LogP contribution in [0, 0.1) is 0 Å². The van der Waals surface area contributed by atoms with Gasteiger partial charge < -0.3 is 10.6 Å². The van der Waals surface area contributed by atoms with E-state index in [1.807, 2.05) is 5.32 Å². The molecule has 0 fully saturated rings. The van der Waals surface area contributed by atoms with Crippen LogP contribution in [-0.2, 0) is 19.6 Å². The first kappa shape index (κ1) is 22.6. The van der Waals surface area contributed by atoms with Gasteiger partial charge in [-0.3, -0.25) is 14.4 Å². The third kappa shape index (κ3) is 7.35. The van der Waals surface area contributed by atoms with Crippen LogP contribution in [0.5, 0.6) is 0 Å². The number of hydrogen-bond donors (Lipinski definition) is 2. The van der Waals surface area contributed by atoms with Gasteiger partial charge in [-0.15, -0.1) is 0 Å². The molecule has 0 aliphatic heterocycles. The summed E-state index contributed by atoms with van der Waals surface area (Å²) < 4.78 is 61.3. The number of likely N-dealkylation sites (N-methyl/N-ethyl adjacent to an activating group) is 1. The number of rotatable bonds is 8. The van der Waals surface area contributed by atoms with Crippen molar-refractivity contribution in [3.8, 4) is 0 Å². The molecule has 8 nitrogen and oxygen atoms in total. The number of nitrogens with one attached hydrogen (secondary N) is 2. The SMILES string of the molecule is CC(=O)c1ccc(S(=O)(=O)N(C)CC(=O)NCC(=O)NCC(F)(F)F)cc1. The fraction of sp³-hybridized carbons (Fsp3) is 0.400. The molecule has 0 heterocycles. The van der Waals surface area contributed by atoms with Crippen molar-refractivity contribution in [3.63, 3.8) is 0 Å². The lowest BCUT2D eigenvalue weighted by Gasteiger charge is -2.17. The maximum atomic E-state index is 12.4. The molecule has 2 N–H and O–H groups in total. The number of alkyl halides is 3. The maximum Gasteiger partial charge on any atom is 0.405 e. The van der Waals surface area contributed by atoms with E-state index in [4.69, 9.17) is 0 Å². The zero-order chi connectivity index (χ0) is 20.8. The molecule has 150 valence electrons. The maximum absolute atomic E-state index is 12.4. The van der Waals surface area contributed by atoms with Crippen molar-refractivity contribution in [3.05, 3.63) is 29.8 Å². The highest BCUT2D eigenvalue weighted by atomic mass is 32.2. The molecule has 0 aromatic heterocycles. The summed E-state index contributed by atoms with van der Waals surface area (Å²) in [5, 5.41) is 3.59. The second-order valence-electron chi connectivity index (χ2n) is 5.51. The summed E-state index contributed by atoms with van der Waals surface area (Å²) >= 11 is 0. The van der Waals surface area contributed by atoms with Gasteiger partial charge in [0, 0.05) is 12.6 Å². The minimum absolute atomic E-state index is 0.147. The van der Waals surface area contributed by atoms with Gasteiger partial charge >= 0.3 is 6.18 Å². The van der Waals surface area contributed by atoms with Crippen LogP contribution in [-0.4, -0.2) is 63.2 Å². The zero-order valence-corrected chi connectivity index (χ0v) is 15.3. The predicted octanol–water partition coefficient (Wildman–Crippen LogP) is 0.304. The van der Waals surface area contributed by atoms with Crippen molar-refractivity contribution in [2.24, 2.45) is 0 Å². The highest BCUT2D eigenvalue weighted by Crippen LogP contribution is 2.15. The van der Waals surface area contributed by atoms with Gasteiger partial charge in [-0.25, -0.2) is 8.42 Å². The summed E-state index contributed by atoms with van der Waals surface area (Å²) in [6.45, 7) is -1.59. The number of amides is 2. The topological polar surface area (TPSA) is 113 Å². The van der Waals surface area contributed by atoms with Crippen LogP contribution in [0.2, 0.25) is 0 Å². The number of hydrogen-bond acceptors (Lipinski definition) is 5. The quantitative estimate of drug-likeness (QED) is 0.600. The van der Waals surface area contributed by atoms with Crippen molar-refractivity contribution < 1.29 is 36.0 Å². The number of carbonyl (C=O) groups excluding carboxylic acids is 3. The molecule has 2 amide bonds. The number of ketones is 1. The molecule has 1 aromatic rings. The largest absolute Gasteiger partial charge is 0.405 e. The zero-order valence-electron chi connectivity index (χ0n) is 14.5. The van der Waals surface area contributed by atoms with E-state index in [2.05, 4.69) is 0 Å². The molecule has 12 heteroatoms. The number of Topliss-reactive ketones (excluding diaryl/α,β-unsaturated/α-hetero) is 1. The van der Waals surface area contributed by atoms with Gasteiger partial charge in [0.1, 0.15) is 6.54 Å². The monoisotopic (exact) mass is 409 g/mol. The molecule has 0 radical (unpaired) electrons. The molecule has 0 aliphatic rings. The first-order chi connectivity index (χ1) is 12.3. The Morgan fingerprint density at radius 3 is 2.07 bits per heavy atom. The number of nitrogens with zero attached hydrogens (tertiary/aromatic N) is 1. The molecular formula is C15H18F3N3O5S. The van der Waals surface area contributed by atoms with E-state index in [-0.39, 0.29) is 10.7 Å². The molecule has 0 saturated carbocycles. The van der Waals surface area contributed by atoms with E-state index in [0.29, 0.717) is 9.87 Å². The summed E-state index contributed by atoms with van der Waals surface area (Å²) in [6, 6.07) is 5.08. The molecule has 1 rings (SSSR count). The normalized spacial score (nSPS) is 11.9. The Morgan fingerprint density at radius 1 is 1.04 bits per heavy atom. The number of benzene rings is 1. The highest BCUT2D eigenvalue weighted by Gasteiger charge is 2.28. The van der Waals surface area contributed by atoms with Crippen molar-refractivity contribution in [2.45, 2.75) is 18.0 Å². The molecule has 0 unspecified atom stereocenters. The van der Waals surface area contributed by atoms with E-state index in [0.717, 1.165) is 7.05 Å². The third-order valence-corrected chi connectivity index (χ3v) is 5.09. The van der Waals surface area contributed by atoms with Gasteiger partial charge in [-0.2, -0.15) is 17.5 Å². The standard InChI is InChI=1S/C15H18F3N3O5S/c1-10(22)11-3-5-12(6-4-11)27(25,26)21(2)8-14(24)19-7-13(23)20-9-15(16,17)18/h3-6H,7-9H2,1-2H3,(H,19,24)(H,20,23). The molecule has 0 spiro atoms. The second-order valence-corrected chi connectivity index (χ2v) is 7.56. The number of halogens is 3. The van der Waals surface area contributed by atoms with E-state index < -0.39 is 47.6 Å². The summed E-state index contributed by atoms with van der Waals surface area (Å²) in [5.41, 5.74) is 0.319. The van der Waals surface area contributed by atoms with E-state index in [1.54, 1.807) is 5.32 Å². The van der Waals surface area contributed by atoms with Crippen LogP contribution in [0.15, 0.2) is 29.2 Å². The van der Waals surface area contributed by atoms with Crippen LogP contribution in [0.4, 0.5) is 13.2 Å². The van der Waals surface area contributed by atoms with E-state index in [9.17, 15) is 36.0 Å². The molecular weight excluding hydrogens is 391 g/mol. The summed E-state index contributed by atoms with van der Waals surface area (Å²) in [5.74, 6) is -2.18. The molecule has 0 saturated heterocycles. The van der Waals surface area contributed by atoms with Crippen molar-refractivity contribution in [1.29, 1.82) is 0 Å². The van der Waals surface area contributed by atoms with Crippen LogP contribution in [0.1, 0.15) is 17.3 Å². The fourth-order valence-electron chi connectivity index (χ4n) is 1.82. The number of sulfonamides is 1. The lowest BCUT2D eigenvalue weighted by molar-refractivity contribution is -0.138. The van der Waals surface area contributed by atoms with Crippen LogP contribution < -0.4 is 10.6 Å². The molecule has 0 bridgehead atoms. The summed E-state index contributed by atoms with van der Waals surface area (Å²) in [6.07, 6.45) is -4.58. The predicted molar refractivity (Wildman–Crippen MR) is 88.3 cm³/mol. The van der Waals surface area contributed by atoms with Crippen LogP contribution >= 0.6 is 0 Å². The Balaban J connectivity index is 2.60. The van der Waals surface area contributed by atoms with Crippen molar-refractivity contribution in [2.75, 3.05) is 26.7 Å². The summed E-state index contributed by atoms with van der Waals surface area (Å²) in [4.78, 5) is 34.0. The highest BCUT2D eigenvalue weighted by molar-refractivity contribution is 7.89. The number of carbonyl (C=O) groups is 3. The van der Waals surface area contributed by atoms with Crippen molar-refractivity contribution in [1.82, 2.24) is 14.9 Å². The lowest BCUT2D eigenvalue weighted by Crippen LogP contribution is -2.44. The Kier molecular flexibility index (Phi) is 7.48. The lowest BCUT2D eigenvalue weighted by atomic mass is 10.2. The third-order valence-electron chi connectivity index (χ3n) is 3.27. The Labute approximate surface area is 153 Å². The van der Waals surface area contributed by atoms with Gasteiger partial charge in [-0.05, 0) is 19.1 Å². The van der Waals surface area contributed by atoms with E-state index in [1.165, 1.54) is 31.2 Å². The minimum Gasteiger partial charge on any atom is -0.346 e. The Hall–Kier alpha value is -2.47. The first-order valence-electron chi connectivity index (χ1n) is 7.50. The van der Waals surface area contributed by atoms with E-state index >= 15 is 0 Å². The molecule has 1 aromatic carbocycles. The smallest absolute Gasteiger partial charge is 0.346 e. The minimum atomic E-state index is -4.58. The van der Waals surface area contributed by atoms with Crippen LogP contribution in [0.3, 0.4) is 0 Å². The Morgan fingerprint density at radius 2 is 1.59 bits per heavy atom. The van der Waals surface area contributed by atoms with Gasteiger partial charge in [-0.1, -0.05) is 12.1 Å². The first-order valence-corrected chi connectivity index (χ1v) is 8.94. The molecule has 0 aliphatic carbocycles. The summed E-state index contributed by atoms with van der Waals surface area (Å²) in [7, 11) is -2.91. The molecule has 27 heavy (non-hydrogen) atoms. The average Bonchev–Trinajstić information content (AvgIpc) is 2.57. The van der Waals surface area contributed by atoms with Gasteiger partial charge in [0.25, 0.3) is 0 Å².